The number of carbonyl (C=O) groups is 3. The molecule has 0 unspecified atom stereocenters. The van der Waals surface area contributed by atoms with Crippen molar-refractivity contribution in [3.63, 3.8) is 0 Å². The van der Waals surface area contributed by atoms with Crippen LogP contribution < -0.4 is 4.46 Å². The minimum absolute atomic E-state index is 0.0208. The van der Waals surface area contributed by atoms with Crippen LogP contribution in [0.15, 0.2) is 58.6 Å². The summed E-state index contributed by atoms with van der Waals surface area (Å²) in [4.78, 5) is 37.9. The molecule has 1 aliphatic heterocycles. The third-order valence-corrected chi connectivity index (χ3v) is 6.45. The van der Waals surface area contributed by atoms with Crippen molar-refractivity contribution in [3.05, 3.63) is 75.3 Å². The fraction of sp³-hybridized carbons (Fsp3) is 0.0556. The average molecular weight is 353 g/mol. The quantitative estimate of drug-likeness (QED) is 0.680. The monoisotopic (exact) mass is 354 g/mol. The Morgan fingerprint density at radius 3 is 2.05 bits per heavy atom. The zero-order valence-corrected chi connectivity index (χ0v) is 13.2. The number of fused-ring (bicyclic) bond motifs is 2. The summed E-state index contributed by atoms with van der Waals surface area (Å²) < 4.78 is 1.42. The van der Waals surface area contributed by atoms with Gasteiger partial charge in [-0.15, -0.1) is 0 Å². The van der Waals surface area contributed by atoms with Crippen LogP contribution in [0.2, 0.25) is 0 Å². The van der Waals surface area contributed by atoms with Gasteiger partial charge in [-0.2, -0.15) is 0 Å². The molecule has 0 radical (unpaired) electrons. The number of hydrogen-bond acceptors (Lipinski definition) is 3. The Bertz CT molecular complexity index is 893. The second-order valence-corrected chi connectivity index (χ2v) is 7.42. The Labute approximate surface area is 133 Å². The molecule has 0 fully saturated rings. The van der Waals surface area contributed by atoms with Crippen LogP contribution in [-0.4, -0.2) is 32.3 Å². The normalized spacial score (nSPS) is 16.8. The van der Waals surface area contributed by atoms with Gasteiger partial charge >= 0.3 is 133 Å². The van der Waals surface area contributed by atoms with Gasteiger partial charge in [-0.25, -0.2) is 0 Å². The van der Waals surface area contributed by atoms with E-state index in [-0.39, 0.29) is 38.7 Å². The van der Waals surface area contributed by atoms with E-state index in [2.05, 4.69) is 0 Å². The van der Waals surface area contributed by atoms with Gasteiger partial charge in [-0.05, 0) is 0 Å². The van der Waals surface area contributed by atoms with Crippen molar-refractivity contribution < 1.29 is 14.4 Å². The third kappa shape index (κ3) is 1.85. The number of carbonyl (C=O) groups excluding carboxylic acids is 3. The van der Waals surface area contributed by atoms with Crippen LogP contribution in [0.4, 0.5) is 0 Å². The molecule has 0 aromatic heterocycles. The fourth-order valence-electron chi connectivity index (χ4n) is 2.82. The molecule has 1 heterocycles. The molecule has 3 nitrogen and oxygen atoms in total. The van der Waals surface area contributed by atoms with Crippen molar-refractivity contribution in [3.8, 4) is 0 Å². The van der Waals surface area contributed by atoms with Gasteiger partial charge in [-0.1, -0.05) is 0 Å². The molecule has 0 bridgehead atoms. The molecule has 2 aromatic rings. The second-order valence-electron chi connectivity index (χ2n) is 5.21. The standard InChI is InChI=1S/C18H10O3Se/c19-14-9-13-16(20)10-5-1-2-6-11(10)17(21)18(13)22-15-8-4-3-7-12(14)15/h1-8H,9H2. The maximum absolute atomic E-state index is 12.8. The second kappa shape index (κ2) is 4.87. The first-order valence-electron chi connectivity index (χ1n) is 6.88. The molecule has 4 rings (SSSR count). The summed E-state index contributed by atoms with van der Waals surface area (Å²) >= 11 is -0.321. The maximum atomic E-state index is 12.8. The van der Waals surface area contributed by atoms with E-state index in [0.717, 1.165) is 4.46 Å². The minimum atomic E-state index is -0.321. The van der Waals surface area contributed by atoms with Crippen molar-refractivity contribution in [1.29, 1.82) is 0 Å². The van der Waals surface area contributed by atoms with Crippen molar-refractivity contribution in [2.75, 3.05) is 0 Å². The molecule has 0 atom stereocenters. The van der Waals surface area contributed by atoms with Crippen LogP contribution in [0.1, 0.15) is 37.5 Å². The number of ketones is 3. The van der Waals surface area contributed by atoms with Crippen LogP contribution in [0, 0.1) is 0 Å². The molecule has 106 valence electrons. The van der Waals surface area contributed by atoms with E-state index in [1.807, 2.05) is 18.2 Å². The van der Waals surface area contributed by atoms with Gasteiger partial charge < -0.3 is 0 Å². The van der Waals surface area contributed by atoms with E-state index in [4.69, 9.17) is 0 Å². The van der Waals surface area contributed by atoms with Gasteiger partial charge in [0.25, 0.3) is 0 Å². The molecular weight excluding hydrogens is 343 g/mol. The Morgan fingerprint density at radius 2 is 1.32 bits per heavy atom. The number of allylic oxidation sites excluding steroid dienone is 2. The molecule has 4 heteroatoms. The predicted octanol–water partition coefficient (Wildman–Crippen LogP) is 1.94. The van der Waals surface area contributed by atoms with Crippen LogP contribution in [0.3, 0.4) is 0 Å². The van der Waals surface area contributed by atoms with Crippen molar-refractivity contribution >= 4 is 36.8 Å². The Morgan fingerprint density at radius 1 is 0.727 bits per heavy atom. The molecule has 2 aliphatic rings. The van der Waals surface area contributed by atoms with E-state index in [0.29, 0.717) is 26.7 Å². The zero-order chi connectivity index (χ0) is 15.3. The Balaban J connectivity index is 1.93. The van der Waals surface area contributed by atoms with Crippen LogP contribution >= 0.6 is 0 Å². The molecule has 0 saturated heterocycles. The topological polar surface area (TPSA) is 51.2 Å². The van der Waals surface area contributed by atoms with E-state index in [9.17, 15) is 14.4 Å². The van der Waals surface area contributed by atoms with Gasteiger partial charge in [0.2, 0.25) is 0 Å². The van der Waals surface area contributed by atoms with Gasteiger partial charge in [0.15, 0.2) is 0 Å². The molecule has 1 aliphatic carbocycles. The number of rotatable bonds is 0. The summed E-state index contributed by atoms with van der Waals surface area (Å²) in [7, 11) is 0. The van der Waals surface area contributed by atoms with Gasteiger partial charge in [0, 0.05) is 0 Å². The van der Waals surface area contributed by atoms with E-state index < -0.39 is 0 Å². The summed E-state index contributed by atoms with van der Waals surface area (Å²) in [5, 5.41) is 0. The van der Waals surface area contributed by atoms with Gasteiger partial charge in [0.1, 0.15) is 0 Å². The van der Waals surface area contributed by atoms with E-state index >= 15 is 0 Å². The molecular formula is C18H10O3Se. The summed E-state index contributed by atoms with van der Waals surface area (Å²) in [6, 6.07) is 14.2. The first kappa shape index (κ1) is 13.4. The number of Topliss-reactive ketones (excluding diaryl/α,β-unsaturated/α-hetero) is 3. The Hall–Kier alpha value is -2.29. The summed E-state index contributed by atoms with van der Waals surface area (Å²) in [6.07, 6.45) is 0.0208. The first-order valence-corrected chi connectivity index (χ1v) is 8.60. The van der Waals surface area contributed by atoms with Gasteiger partial charge in [0.05, 0.1) is 0 Å². The van der Waals surface area contributed by atoms with Crippen molar-refractivity contribution in [2.45, 2.75) is 6.42 Å². The fourth-order valence-corrected chi connectivity index (χ4v) is 5.24. The van der Waals surface area contributed by atoms with Crippen molar-refractivity contribution in [2.24, 2.45) is 0 Å². The molecule has 0 amide bonds. The predicted molar refractivity (Wildman–Crippen MR) is 82.9 cm³/mol. The number of benzene rings is 2. The van der Waals surface area contributed by atoms with E-state index in [1.165, 1.54) is 0 Å². The van der Waals surface area contributed by atoms with Crippen molar-refractivity contribution in [1.82, 2.24) is 0 Å². The van der Waals surface area contributed by atoms with E-state index in [1.54, 1.807) is 30.3 Å². The van der Waals surface area contributed by atoms with Crippen LogP contribution in [-0.2, 0) is 0 Å². The molecule has 0 N–H and O–H groups in total. The summed E-state index contributed by atoms with van der Waals surface area (Å²) in [5.74, 6) is -0.356. The molecule has 2 aromatic carbocycles. The average Bonchev–Trinajstić information content (AvgIpc) is 2.70. The molecule has 22 heavy (non-hydrogen) atoms. The first-order chi connectivity index (χ1) is 10.7. The van der Waals surface area contributed by atoms with Gasteiger partial charge in [-0.3, -0.25) is 0 Å². The Kier molecular flexibility index (Phi) is 2.96. The molecule has 0 spiro atoms. The SMILES string of the molecule is O=C1CC2=C([Se]c3ccccc31)C(=O)c1ccccc1C2=O. The van der Waals surface area contributed by atoms with Crippen LogP contribution in [0.25, 0.3) is 0 Å². The summed E-state index contributed by atoms with van der Waals surface area (Å²) in [6.45, 7) is 0. The van der Waals surface area contributed by atoms with Crippen LogP contribution in [0.5, 0.6) is 0 Å². The summed E-state index contributed by atoms with van der Waals surface area (Å²) in [5.41, 5.74) is 1.91. The number of hydrogen-bond donors (Lipinski definition) is 0. The molecule has 0 saturated carbocycles. The zero-order valence-electron chi connectivity index (χ0n) is 11.5. The third-order valence-electron chi connectivity index (χ3n) is 3.91.